The number of urea groups is 1. The number of benzene rings is 2. The first-order valence-corrected chi connectivity index (χ1v) is 12.9. The van der Waals surface area contributed by atoms with Gasteiger partial charge < -0.3 is 14.6 Å². The van der Waals surface area contributed by atoms with Crippen molar-refractivity contribution in [3.8, 4) is 17.0 Å². The average Bonchev–Trinajstić information content (AvgIpc) is 3.55. The molecule has 202 valence electrons. The highest BCUT2D eigenvalue weighted by Crippen LogP contribution is 2.33. The summed E-state index contributed by atoms with van der Waals surface area (Å²) < 4.78 is 36.2. The Morgan fingerprint density at radius 3 is 2.50 bits per heavy atom. The number of pyridine rings is 2. The molecule has 8 nitrogen and oxygen atoms in total. The molecule has 2 amide bonds. The van der Waals surface area contributed by atoms with Crippen molar-refractivity contribution >= 4 is 22.9 Å². The maximum absolute atomic E-state index is 15.4. The van der Waals surface area contributed by atoms with E-state index in [1.165, 1.54) is 25.3 Å². The number of anilines is 1. The van der Waals surface area contributed by atoms with E-state index in [1.54, 1.807) is 47.6 Å². The summed E-state index contributed by atoms with van der Waals surface area (Å²) in [5.41, 5.74) is 3.99. The van der Waals surface area contributed by atoms with Gasteiger partial charge in [-0.25, -0.2) is 28.5 Å². The van der Waals surface area contributed by atoms with Gasteiger partial charge in [-0.3, -0.25) is 4.90 Å². The van der Waals surface area contributed by atoms with E-state index >= 15 is 4.39 Å². The van der Waals surface area contributed by atoms with Crippen LogP contribution in [0.4, 0.5) is 19.4 Å². The highest BCUT2D eigenvalue weighted by Gasteiger charge is 2.23. The van der Waals surface area contributed by atoms with Crippen LogP contribution < -0.4 is 15.0 Å². The van der Waals surface area contributed by atoms with Crippen molar-refractivity contribution in [1.82, 2.24) is 24.8 Å². The zero-order valence-electron chi connectivity index (χ0n) is 21.9. The molecule has 3 aromatic heterocycles. The smallest absolute Gasteiger partial charge is 0.323 e. The molecule has 0 spiro atoms. The number of carbonyl (C=O) groups is 1. The molecule has 0 radical (unpaired) electrons. The van der Waals surface area contributed by atoms with Crippen LogP contribution in [-0.4, -0.2) is 45.7 Å². The topological polar surface area (TPSA) is 85.2 Å². The Balaban J connectivity index is 1.43. The van der Waals surface area contributed by atoms with Crippen LogP contribution in [0.2, 0.25) is 0 Å². The Morgan fingerprint density at radius 1 is 1.02 bits per heavy atom. The fourth-order valence-corrected chi connectivity index (χ4v) is 5.05. The third-order valence-corrected chi connectivity index (χ3v) is 7.15. The lowest BCUT2D eigenvalue weighted by Gasteiger charge is -2.19. The zero-order chi connectivity index (χ0) is 27.8. The first kappa shape index (κ1) is 25.4. The number of fused-ring (bicyclic) bond motifs is 1. The van der Waals surface area contributed by atoms with Crippen LogP contribution in [0.15, 0.2) is 73.1 Å². The summed E-state index contributed by atoms with van der Waals surface area (Å²) in [4.78, 5) is 27.1. The Hall–Kier alpha value is -4.86. The van der Waals surface area contributed by atoms with Crippen molar-refractivity contribution in [2.24, 2.45) is 0 Å². The van der Waals surface area contributed by atoms with Crippen LogP contribution in [0.25, 0.3) is 22.2 Å². The summed E-state index contributed by atoms with van der Waals surface area (Å²) in [6.07, 6.45) is 3.71. The molecule has 1 atom stereocenters. The van der Waals surface area contributed by atoms with Gasteiger partial charge in [0, 0.05) is 55.2 Å². The maximum Gasteiger partial charge on any atom is 0.323 e. The predicted octanol–water partition coefficient (Wildman–Crippen LogP) is 5.51. The van der Waals surface area contributed by atoms with Crippen molar-refractivity contribution in [1.29, 1.82) is 0 Å². The van der Waals surface area contributed by atoms with Crippen molar-refractivity contribution in [3.05, 3.63) is 102 Å². The molecule has 5 aromatic rings. The lowest BCUT2D eigenvalue weighted by molar-refractivity contribution is 0.252. The van der Waals surface area contributed by atoms with Gasteiger partial charge >= 0.3 is 6.03 Å². The molecule has 0 unspecified atom stereocenters. The quantitative estimate of drug-likeness (QED) is 0.294. The fraction of sp³-hybridized carbons (Fsp3) is 0.200. The molecule has 4 heterocycles. The molecule has 2 aromatic carbocycles. The lowest BCUT2D eigenvalue weighted by Crippen LogP contribution is -2.28. The van der Waals surface area contributed by atoms with Gasteiger partial charge in [0.05, 0.1) is 24.2 Å². The number of halogens is 2. The Morgan fingerprint density at radius 2 is 1.85 bits per heavy atom. The van der Waals surface area contributed by atoms with Gasteiger partial charge in [0.2, 0.25) is 5.88 Å². The summed E-state index contributed by atoms with van der Waals surface area (Å²) in [6.45, 7) is 3.15. The molecule has 1 aliphatic heterocycles. The Labute approximate surface area is 229 Å². The molecule has 0 aliphatic carbocycles. The molecular formula is C30H26F2N6O2. The molecular weight excluding hydrogens is 514 g/mol. The highest BCUT2D eigenvalue weighted by molar-refractivity contribution is 5.93. The molecule has 1 fully saturated rings. The number of carbonyl (C=O) groups excluding carboxylic acids is 1. The van der Waals surface area contributed by atoms with E-state index < -0.39 is 5.82 Å². The summed E-state index contributed by atoms with van der Waals surface area (Å²) in [7, 11) is 1.53. The summed E-state index contributed by atoms with van der Waals surface area (Å²) >= 11 is 0. The molecule has 40 heavy (non-hydrogen) atoms. The number of ether oxygens (including phenoxy) is 1. The third-order valence-electron chi connectivity index (χ3n) is 7.15. The van der Waals surface area contributed by atoms with E-state index in [4.69, 9.17) is 9.72 Å². The Bertz CT molecular complexity index is 1690. The maximum atomic E-state index is 15.4. The molecule has 0 bridgehead atoms. The fourth-order valence-electron chi connectivity index (χ4n) is 5.05. The van der Waals surface area contributed by atoms with Gasteiger partial charge in [0.1, 0.15) is 23.3 Å². The van der Waals surface area contributed by atoms with Gasteiger partial charge in [-0.1, -0.05) is 18.2 Å². The number of methoxy groups -OCH3 is 1. The van der Waals surface area contributed by atoms with Crippen LogP contribution in [-0.2, 0) is 6.42 Å². The van der Waals surface area contributed by atoms with E-state index in [0.29, 0.717) is 53.7 Å². The molecule has 0 saturated carbocycles. The van der Waals surface area contributed by atoms with Crippen LogP contribution in [0, 0.1) is 11.6 Å². The molecule has 1 aliphatic rings. The normalized spacial score (nSPS) is 14.0. The van der Waals surface area contributed by atoms with E-state index in [9.17, 15) is 9.18 Å². The zero-order valence-corrected chi connectivity index (χ0v) is 21.9. The van der Waals surface area contributed by atoms with Gasteiger partial charge in [-0.05, 0) is 48.4 Å². The average molecular weight is 541 g/mol. The first-order chi connectivity index (χ1) is 19.4. The van der Waals surface area contributed by atoms with Gasteiger partial charge in [-0.2, -0.15) is 0 Å². The standard InChI is InChI=1S/C30H26F2N6O2/c1-18(20-4-7-22(31)8-5-20)38-26-14-23(21-6-10-29(40-2)35-17-21)24(32)15-25(26)36-28(38)13-19-3-9-27(34-16-19)37-12-11-33-30(37)39/h3-10,14-18H,11-13H2,1-2H3,(H,33,39)/t18-/m0/s1. The Kier molecular flexibility index (Phi) is 6.59. The summed E-state index contributed by atoms with van der Waals surface area (Å²) in [5, 5.41) is 2.77. The first-order valence-electron chi connectivity index (χ1n) is 12.9. The summed E-state index contributed by atoms with van der Waals surface area (Å²) in [5.74, 6) is 0.977. The predicted molar refractivity (Wildman–Crippen MR) is 147 cm³/mol. The van der Waals surface area contributed by atoms with E-state index in [0.717, 1.165) is 16.6 Å². The third kappa shape index (κ3) is 4.72. The van der Waals surface area contributed by atoms with Crippen LogP contribution in [0.1, 0.15) is 29.9 Å². The number of rotatable bonds is 7. The van der Waals surface area contributed by atoms with Crippen LogP contribution in [0.3, 0.4) is 0 Å². The van der Waals surface area contributed by atoms with Crippen molar-refractivity contribution in [3.63, 3.8) is 0 Å². The number of imidazole rings is 1. The van der Waals surface area contributed by atoms with E-state index in [-0.39, 0.29) is 17.9 Å². The van der Waals surface area contributed by atoms with Crippen molar-refractivity contribution in [2.45, 2.75) is 19.4 Å². The van der Waals surface area contributed by atoms with Crippen LogP contribution >= 0.6 is 0 Å². The SMILES string of the molecule is COc1ccc(-c2cc3c(cc2F)nc(Cc2ccc(N4CCNC4=O)nc2)n3[C@@H](C)c2ccc(F)cc2)cn1. The minimum Gasteiger partial charge on any atom is -0.481 e. The van der Waals surface area contributed by atoms with Crippen molar-refractivity contribution in [2.75, 3.05) is 25.1 Å². The number of hydrogen-bond donors (Lipinski definition) is 1. The number of aromatic nitrogens is 4. The monoisotopic (exact) mass is 540 g/mol. The van der Waals surface area contributed by atoms with Crippen LogP contribution in [0.5, 0.6) is 5.88 Å². The number of hydrogen-bond acceptors (Lipinski definition) is 5. The number of nitrogens with zero attached hydrogens (tertiary/aromatic N) is 5. The highest BCUT2D eigenvalue weighted by atomic mass is 19.1. The molecule has 1 N–H and O–H groups in total. The van der Waals surface area contributed by atoms with Gasteiger partial charge in [0.25, 0.3) is 0 Å². The van der Waals surface area contributed by atoms with Crippen molar-refractivity contribution < 1.29 is 18.3 Å². The number of nitrogens with one attached hydrogen (secondary N) is 1. The second-order valence-corrected chi connectivity index (χ2v) is 9.62. The number of amides is 2. The van der Waals surface area contributed by atoms with Gasteiger partial charge in [0.15, 0.2) is 0 Å². The van der Waals surface area contributed by atoms with Gasteiger partial charge in [-0.15, -0.1) is 0 Å². The lowest BCUT2D eigenvalue weighted by atomic mass is 10.0. The minimum atomic E-state index is -0.417. The second kappa shape index (κ2) is 10.4. The minimum absolute atomic E-state index is 0.167. The molecule has 10 heteroatoms. The van der Waals surface area contributed by atoms with E-state index in [1.807, 2.05) is 23.6 Å². The molecule has 6 rings (SSSR count). The summed E-state index contributed by atoms with van der Waals surface area (Å²) in [6, 6.07) is 16.3. The second-order valence-electron chi connectivity index (χ2n) is 9.62. The largest absolute Gasteiger partial charge is 0.481 e. The molecule has 1 saturated heterocycles. The van der Waals surface area contributed by atoms with E-state index in [2.05, 4.69) is 15.3 Å².